The van der Waals surface area contributed by atoms with Gasteiger partial charge in [-0.15, -0.1) is 0 Å². The number of hydrogen-bond acceptors (Lipinski definition) is 6. The van der Waals surface area contributed by atoms with Gasteiger partial charge in [-0.05, 0) is 68.0 Å². The number of piperidine rings is 1. The van der Waals surface area contributed by atoms with E-state index in [0.717, 1.165) is 11.3 Å². The van der Waals surface area contributed by atoms with Crippen LogP contribution in [0.2, 0.25) is 0 Å². The van der Waals surface area contributed by atoms with Gasteiger partial charge in [0.05, 0.1) is 24.0 Å². The molecule has 0 unspecified atom stereocenters. The van der Waals surface area contributed by atoms with Crippen molar-refractivity contribution in [2.75, 3.05) is 31.6 Å². The molecule has 1 N–H and O–H groups in total. The van der Waals surface area contributed by atoms with E-state index in [1.165, 1.54) is 22.0 Å². The number of anilines is 1. The van der Waals surface area contributed by atoms with Crippen molar-refractivity contribution in [1.82, 2.24) is 4.31 Å². The minimum atomic E-state index is -3.76. The van der Waals surface area contributed by atoms with E-state index in [4.69, 9.17) is 4.74 Å². The van der Waals surface area contributed by atoms with Crippen LogP contribution in [0.5, 0.6) is 0 Å². The average molecular weight is 487 g/mol. The average Bonchev–Trinajstić information content (AvgIpc) is 2.82. The van der Waals surface area contributed by atoms with Crippen molar-refractivity contribution in [3.8, 4) is 0 Å². The standard InChI is InChI=1S/C26H34N2O5S/c1-5-33-26(30)20-11-13-28(14-12-20)34(31,32)23-8-6-7-21(16-23)25(29)17-27-22-9-10-24(18(2)3)19(4)15-22/h6-10,15-16,18,20,27H,5,11-14,17H2,1-4H3. The van der Waals surface area contributed by atoms with Crippen LogP contribution in [0.25, 0.3) is 0 Å². The number of ketones is 1. The molecule has 1 heterocycles. The minimum Gasteiger partial charge on any atom is -0.466 e. The number of esters is 1. The number of nitrogens with zero attached hydrogens (tertiary/aromatic N) is 1. The summed E-state index contributed by atoms with van der Waals surface area (Å²) in [4.78, 5) is 24.8. The number of Topliss-reactive ketones (excluding diaryl/α,β-unsaturated/α-hetero) is 1. The SMILES string of the molecule is CCOC(=O)C1CCN(S(=O)(=O)c2cccc(C(=O)CNc3ccc(C(C)C)c(C)c3)c2)CC1. The first-order valence-electron chi connectivity index (χ1n) is 11.8. The summed E-state index contributed by atoms with van der Waals surface area (Å²) in [6.07, 6.45) is 0.852. The number of benzene rings is 2. The van der Waals surface area contributed by atoms with Crippen molar-refractivity contribution in [2.45, 2.75) is 51.3 Å². The summed E-state index contributed by atoms with van der Waals surface area (Å²) in [5, 5.41) is 3.14. The van der Waals surface area contributed by atoms with E-state index in [1.54, 1.807) is 19.1 Å². The Kier molecular flexibility index (Phi) is 8.49. The molecule has 1 aliphatic heterocycles. The maximum Gasteiger partial charge on any atom is 0.309 e. The third-order valence-corrected chi connectivity index (χ3v) is 8.11. The highest BCUT2D eigenvalue weighted by Gasteiger charge is 2.33. The van der Waals surface area contributed by atoms with Crippen LogP contribution in [0.3, 0.4) is 0 Å². The molecule has 184 valence electrons. The lowest BCUT2D eigenvalue weighted by atomic mass is 9.97. The zero-order chi connectivity index (χ0) is 24.9. The number of carbonyl (C=O) groups is 2. The van der Waals surface area contributed by atoms with Crippen molar-refractivity contribution in [1.29, 1.82) is 0 Å². The Morgan fingerprint density at radius 1 is 1.12 bits per heavy atom. The molecule has 3 rings (SSSR count). The molecule has 1 saturated heterocycles. The van der Waals surface area contributed by atoms with Gasteiger partial charge in [0.15, 0.2) is 5.78 Å². The van der Waals surface area contributed by atoms with Gasteiger partial charge in [-0.1, -0.05) is 32.0 Å². The summed E-state index contributed by atoms with van der Waals surface area (Å²) in [6.45, 7) is 8.96. The second kappa shape index (κ2) is 11.1. The van der Waals surface area contributed by atoms with E-state index < -0.39 is 10.0 Å². The van der Waals surface area contributed by atoms with Gasteiger partial charge in [0.2, 0.25) is 10.0 Å². The first-order valence-corrected chi connectivity index (χ1v) is 13.2. The Hall–Kier alpha value is -2.71. The first-order chi connectivity index (χ1) is 16.1. The summed E-state index contributed by atoms with van der Waals surface area (Å²) in [7, 11) is -3.76. The summed E-state index contributed by atoms with van der Waals surface area (Å²) in [6, 6.07) is 12.2. The van der Waals surface area contributed by atoms with Crippen LogP contribution in [0, 0.1) is 12.8 Å². The Balaban J connectivity index is 1.65. The molecule has 0 saturated carbocycles. The molecule has 1 aliphatic rings. The van der Waals surface area contributed by atoms with Crippen molar-refractivity contribution in [3.05, 3.63) is 59.2 Å². The number of nitrogens with one attached hydrogen (secondary N) is 1. The predicted octanol–water partition coefficient (Wildman–Crippen LogP) is 4.38. The van der Waals surface area contributed by atoms with Crippen LogP contribution in [0.4, 0.5) is 5.69 Å². The fraction of sp³-hybridized carbons (Fsp3) is 0.462. The third kappa shape index (κ3) is 6.04. The monoisotopic (exact) mass is 486 g/mol. The number of carbonyl (C=O) groups excluding carboxylic acids is 2. The molecule has 0 spiro atoms. The predicted molar refractivity (Wildman–Crippen MR) is 133 cm³/mol. The van der Waals surface area contributed by atoms with Crippen LogP contribution < -0.4 is 5.32 Å². The first kappa shape index (κ1) is 25.9. The van der Waals surface area contributed by atoms with E-state index in [2.05, 4.69) is 25.2 Å². The molecule has 2 aromatic carbocycles. The van der Waals surface area contributed by atoms with Gasteiger partial charge in [-0.25, -0.2) is 8.42 Å². The highest BCUT2D eigenvalue weighted by atomic mass is 32.2. The lowest BCUT2D eigenvalue weighted by molar-refractivity contribution is -0.149. The highest BCUT2D eigenvalue weighted by molar-refractivity contribution is 7.89. The quantitative estimate of drug-likeness (QED) is 0.418. The minimum absolute atomic E-state index is 0.0644. The zero-order valence-corrected chi connectivity index (χ0v) is 21.2. The molecule has 0 aliphatic carbocycles. The van der Waals surface area contributed by atoms with Gasteiger partial charge in [0.25, 0.3) is 0 Å². The molecule has 0 amide bonds. The van der Waals surface area contributed by atoms with Gasteiger partial charge in [-0.3, -0.25) is 9.59 Å². The fourth-order valence-electron chi connectivity index (χ4n) is 4.29. The lowest BCUT2D eigenvalue weighted by Gasteiger charge is -2.30. The highest BCUT2D eigenvalue weighted by Crippen LogP contribution is 2.26. The molecule has 7 nitrogen and oxygen atoms in total. The van der Waals surface area contributed by atoms with Gasteiger partial charge in [0, 0.05) is 24.3 Å². The topological polar surface area (TPSA) is 92.8 Å². The fourth-order valence-corrected chi connectivity index (χ4v) is 5.81. The molecule has 1 fully saturated rings. The molecule has 8 heteroatoms. The van der Waals surface area contributed by atoms with Crippen molar-refractivity contribution < 1.29 is 22.7 Å². The van der Waals surface area contributed by atoms with Crippen LogP contribution in [-0.4, -0.2) is 50.7 Å². The summed E-state index contributed by atoms with van der Waals surface area (Å²) >= 11 is 0. The molecule has 34 heavy (non-hydrogen) atoms. The van der Waals surface area contributed by atoms with Crippen molar-refractivity contribution in [2.24, 2.45) is 5.92 Å². The number of aryl methyl sites for hydroxylation is 1. The van der Waals surface area contributed by atoms with Crippen molar-refractivity contribution in [3.63, 3.8) is 0 Å². The van der Waals surface area contributed by atoms with E-state index in [-0.39, 0.29) is 42.2 Å². The summed E-state index contributed by atoms with van der Waals surface area (Å²) in [5.74, 6) is -0.308. The Labute approximate surface area is 202 Å². The zero-order valence-electron chi connectivity index (χ0n) is 20.3. The molecule has 0 atom stereocenters. The Bertz CT molecular complexity index is 1140. The van der Waals surface area contributed by atoms with Gasteiger partial charge >= 0.3 is 5.97 Å². The van der Waals surface area contributed by atoms with E-state index in [9.17, 15) is 18.0 Å². The third-order valence-electron chi connectivity index (χ3n) is 6.21. The largest absolute Gasteiger partial charge is 0.466 e. The van der Waals surface area contributed by atoms with Crippen LogP contribution in [-0.2, 0) is 19.6 Å². The molecular weight excluding hydrogens is 452 g/mol. The van der Waals surface area contributed by atoms with E-state index in [0.29, 0.717) is 30.9 Å². The van der Waals surface area contributed by atoms with Crippen LogP contribution in [0.1, 0.15) is 61.0 Å². The molecule has 0 radical (unpaired) electrons. The second-order valence-corrected chi connectivity index (χ2v) is 10.9. The maximum atomic E-state index is 13.2. The van der Waals surface area contributed by atoms with Gasteiger partial charge < -0.3 is 10.1 Å². The maximum absolute atomic E-state index is 13.2. The van der Waals surface area contributed by atoms with Crippen molar-refractivity contribution >= 4 is 27.5 Å². The summed E-state index contributed by atoms with van der Waals surface area (Å²) in [5.41, 5.74) is 3.61. The Morgan fingerprint density at radius 2 is 1.82 bits per heavy atom. The molecule has 0 bridgehead atoms. The molecular formula is C26H34N2O5S. The molecule has 0 aromatic heterocycles. The van der Waals surface area contributed by atoms with E-state index >= 15 is 0 Å². The van der Waals surface area contributed by atoms with Crippen LogP contribution in [0.15, 0.2) is 47.4 Å². The second-order valence-electron chi connectivity index (χ2n) is 8.96. The smallest absolute Gasteiger partial charge is 0.309 e. The van der Waals surface area contributed by atoms with E-state index in [1.807, 2.05) is 19.1 Å². The van der Waals surface area contributed by atoms with Crippen LogP contribution >= 0.6 is 0 Å². The lowest BCUT2D eigenvalue weighted by Crippen LogP contribution is -2.40. The number of hydrogen-bond donors (Lipinski definition) is 1. The van der Waals surface area contributed by atoms with Gasteiger partial charge in [-0.2, -0.15) is 4.31 Å². The Morgan fingerprint density at radius 3 is 2.44 bits per heavy atom. The normalized spacial score (nSPS) is 15.3. The van der Waals surface area contributed by atoms with Gasteiger partial charge in [0.1, 0.15) is 0 Å². The molecule has 2 aromatic rings. The number of ether oxygens (including phenoxy) is 1. The summed E-state index contributed by atoms with van der Waals surface area (Å²) < 4.78 is 32.7. The number of rotatable bonds is 9. The number of sulfonamides is 1.